The summed E-state index contributed by atoms with van der Waals surface area (Å²) in [5, 5.41) is 3.12. The van der Waals surface area contributed by atoms with E-state index in [0.29, 0.717) is 0 Å². The Morgan fingerprint density at radius 3 is 2.53 bits per heavy atom. The normalized spacial score (nSPS) is 13.5. The molecule has 0 radical (unpaired) electrons. The molecule has 1 unspecified atom stereocenters. The van der Waals surface area contributed by atoms with Gasteiger partial charge in [0.05, 0.1) is 5.69 Å². The van der Waals surface area contributed by atoms with Crippen LogP contribution in [0, 0.1) is 5.41 Å². The third kappa shape index (κ3) is 3.25. The zero-order chi connectivity index (χ0) is 14.0. The molecule has 0 amide bonds. The molecule has 0 aliphatic heterocycles. The second kappa shape index (κ2) is 5.73. The van der Waals surface area contributed by atoms with Crippen molar-refractivity contribution in [3.05, 3.63) is 39.1 Å². The monoisotopic (exact) mass is 339 g/mol. The molecule has 0 aliphatic rings. The quantitative estimate of drug-likeness (QED) is 0.756. The molecule has 102 valence electrons. The first-order valence-corrected chi connectivity index (χ1v) is 7.84. The molecule has 0 N–H and O–H groups in total. The Labute approximate surface area is 127 Å². The van der Waals surface area contributed by atoms with E-state index >= 15 is 0 Å². The molecule has 19 heavy (non-hydrogen) atoms. The number of hydrogen-bond acceptors (Lipinski definition) is 3. The topological polar surface area (TPSA) is 22.1 Å². The maximum Gasteiger partial charge on any atom is 0.123 e. The Morgan fingerprint density at radius 1 is 1.26 bits per heavy atom. The molecule has 0 bridgehead atoms. The van der Waals surface area contributed by atoms with Crippen LogP contribution in [0.3, 0.4) is 0 Å². The Balaban J connectivity index is 2.37. The standard InChI is InChI=1S/C15H18BrNOS/c1-15(2,3)13(18-4)14-17-12(9-19-14)10-7-5-6-8-11(10)16/h5-9,13H,1-4H3. The number of aromatic nitrogens is 1. The molecule has 1 aromatic heterocycles. The highest BCUT2D eigenvalue weighted by atomic mass is 79.9. The molecule has 1 heterocycles. The van der Waals surface area contributed by atoms with Gasteiger partial charge in [-0.2, -0.15) is 0 Å². The minimum Gasteiger partial charge on any atom is -0.374 e. The van der Waals surface area contributed by atoms with Crippen molar-refractivity contribution in [1.82, 2.24) is 4.98 Å². The van der Waals surface area contributed by atoms with Crippen molar-refractivity contribution in [3.8, 4) is 11.3 Å². The van der Waals surface area contributed by atoms with Crippen LogP contribution >= 0.6 is 27.3 Å². The highest BCUT2D eigenvalue weighted by Gasteiger charge is 2.28. The van der Waals surface area contributed by atoms with Gasteiger partial charge < -0.3 is 4.74 Å². The van der Waals surface area contributed by atoms with E-state index in [-0.39, 0.29) is 11.5 Å². The number of benzene rings is 1. The van der Waals surface area contributed by atoms with Crippen LogP contribution in [0.2, 0.25) is 0 Å². The number of rotatable bonds is 3. The van der Waals surface area contributed by atoms with Crippen molar-refractivity contribution in [1.29, 1.82) is 0 Å². The minimum atomic E-state index is 0.0220. The van der Waals surface area contributed by atoms with Gasteiger partial charge in [0.25, 0.3) is 0 Å². The van der Waals surface area contributed by atoms with Gasteiger partial charge in [-0.15, -0.1) is 11.3 Å². The van der Waals surface area contributed by atoms with Crippen molar-refractivity contribution in [3.63, 3.8) is 0 Å². The summed E-state index contributed by atoms with van der Waals surface area (Å²) in [7, 11) is 1.75. The van der Waals surface area contributed by atoms with Crippen LogP contribution in [0.4, 0.5) is 0 Å². The molecule has 1 atom stereocenters. The summed E-state index contributed by atoms with van der Waals surface area (Å²) in [6.45, 7) is 6.50. The highest BCUT2D eigenvalue weighted by Crippen LogP contribution is 2.39. The summed E-state index contributed by atoms with van der Waals surface area (Å²) in [4.78, 5) is 4.74. The first-order chi connectivity index (χ1) is 8.93. The van der Waals surface area contributed by atoms with Crippen LogP contribution in [0.5, 0.6) is 0 Å². The van der Waals surface area contributed by atoms with Crippen LogP contribution in [0.1, 0.15) is 31.9 Å². The Hall–Kier alpha value is -0.710. The number of thiazole rings is 1. The smallest absolute Gasteiger partial charge is 0.123 e. The molecule has 0 aliphatic carbocycles. The number of nitrogens with zero attached hydrogens (tertiary/aromatic N) is 1. The van der Waals surface area contributed by atoms with Crippen molar-refractivity contribution in [2.24, 2.45) is 5.41 Å². The lowest BCUT2D eigenvalue weighted by molar-refractivity contribution is 0.0151. The van der Waals surface area contributed by atoms with Crippen LogP contribution in [0.15, 0.2) is 34.1 Å². The Morgan fingerprint density at radius 2 is 1.95 bits per heavy atom. The second-order valence-electron chi connectivity index (χ2n) is 5.53. The van der Waals surface area contributed by atoms with E-state index in [1.165, 1.54) is 0 Å². The van der Waals surface area contributed by atoms with Gasteiger partial charge >= 0.3 is 0 Å². The number of methoxy groups -OCH3 is 1. The van der Waals surface area contributed by atoms with Crippen molar-refractivity contribution >= 4 is 27.3 Å². The molecule has 2 nitrogen and oxygen atoms in total. The third-order valence-corrected chi connectivity index (χ3v) is 4.50. The van der Waals surface area contributed by atoms with Crippen LogP contribution in [-0.4, -0.2) is 12.1 Å². The molecular weight excluding hydrogens is 322 g/mol. The van der Waals surface area contributed by atoms with Gasteiger partial charge in [-0.1, -0.05) is 54.9 Å². The molecule has 4 heteroatoms. The Kier molecular flexibility index (Phi) is 4.43. The second-order valence-corrected chi connectivity index (χ2v) is 7.28. The molecule has 2 aromatic rings. The molecule has 0 saturated carbocycles. The molecule has 2 rings (SSSR count). The van der Waals surface area contributed by atoms with Gasteiger partial charge in [0.15, 0.2) is 0 Å². The summed E-state index contributed by atoms with van der Waals surface area (Å²) in [6, 6.07) is 8.14. The van der Waals surface area contributed by atoms with Crippen LogP contribution in [-0.2, 0) is 4.74 Å². The van der Waals surface area contributed by atoms with Gasteiger partial charge in [-0.05, 0) is 11.5 Å². The molecule has 0 spiro atoms. The van der Waals surface area contributed by atoms with E-state index in [1.807, 2.05) is 18.2 Å². The SMILES string of the molecule is COC(c1nc(-c2ccccc2Br)cs1)C(C)(C)C. The van der Waals surface area contributed by atoms with E-state index < -0.39 is 0 Å². The number of halogens is 1. The molecule has 0 fully saturated rings. The first-order valence-electron chi connectivity index (χ1n) is 6.16. The summed E-state index contributed by atoms with van der Waals surface area (Å²) >= 11 is 5.22. The maximum atomic E-state index is 5.62. The minimum absolute atomic E-state index is 0.0220. The maximum absolute atomic E-state index is 5.62. The summed E-state index contributed by atoms with van der Waals surface area (Å²) in [5.74, 6) is 0. The molecule has 1 aromatic carbocycles. The lowest BCUT2D eigenvalue weighted by Gasteiger charge is -2.27. The fraction of sp³-hybridized carbons (Fsp3) is 0.400. The zero-order valence-corrected chi connectivity index (χ0v) is 14.0. The van der Waals surface area contributed by atoms with Crippen molar-refractivity contribution in [2.45, 2.75) is 26.9 Å². The van der Waals surface area contributed by atoms with Crippen LogP contribution in [0.25, 0.3) is 11.3 Å². The third-order valence-electron chi connectivity index (χ3n) is 2.92. The lowest BCUT2D eigenvalue weighted by atomic mass is 9.89. The number of hydrogen-bond donors (Lipinski definition) is 0. The zero-order valence-electron chi connectivity index (χ0n) is 11.6. The van der Waals surface area contributed by atoms with E-state index in [2.05, 4.69) is 48.1 Å². The fourth-order valence-electron chi connectivity index (χ4n) is 2.03. The van der Waals surface area contributed by atoms with E-state index in [0.717, 1.165) is 20.7 Å². The van der Waals surface area contributed by atoms with E-state index in [4.69, 9.17) is 9.72 Å². The summed E-state index contributed by atoms with van der Waals surface area (Å²) in [6.07, 6.45) is 0.0220. The average molecular weight is 340 g/mol. The molecule has 0 saturated heterocycles. The van der Waals surface area contributed by atoms with Crippen molar-refractivity contribution < 1.29 is 4.74 Å². The number of ether oxygens (including phenoxy) is 1. The molecular formula is C15H18BrNOS. The summed E-state index contributed by atoms with van der Waals surface area (Å²) < 4.78 is 6.68. The predicted molar refractivity (Wildman–Crippen MR) is 84.5 cm³/mol. The van der Waals surface area contributed by atoms with E-state index in [1.54, 1.807) is 18.4 Å². The first kappa shape index (κ1) is 14.7. The van der Waals surface area contributed by atoms with Gasteiger partial charge in [-0.3, -0.25) is 0 Å². The van der Waals surface area contributed by atoms with Gasteiger partial charge in [0.1, 0.15) is 11.1 Å². The largest absolute Gasteiger partial charge is 0.374 e. The summed E-state index contributed by atoms with van der Waals surface area (Å²) in [5.41, 5.74) is 2.16. The highest BCUT2D eigenvalue weighted by molar-refractivity contribution is 9.10. The fourth-order valence-corrected chi connectivity index (χ4v) is 3.65. The van der Waals surface area contributed by atoms with E-state index in [9.17, 15) is 0 Å². The van der Waals surface area contributed by atoms with Gasteiger partial charge in [0.2, 0.25) is 0 Å². The Bertz CT molecular complexity index is 559. The van der Waals surface area contributed by atoms with Gasteiger partial charge in [0, 0.05) is 22.5 Å². The van der Waals surface area contributed by atoms with Crippen molar-refractivity contribution in [2.75, 3.05) is 7.11 Å². The predicted octanol–water partition coefficient (Wildman–Crippen LogP) is 5.31. The lowest BCUT2D eigenvalue weighted by Crippen LogP contribution is -2.19. The van der Waals surface area contributed by atoms with Gasteiger partial charge in [-0.25, -0.2) is 4.98 Å². The average Bonchev–Trinajstić information content (AvgIpc) is 2.78. The van der Waals surface area contributed by atoms with Crippen LogP contribution < -0.4 is 0 Å².